The first kappa shape index (κ1) is 11.2. The highest BCUT2D eigenvalue weighted by Gasteiger charge is 2.17. The Labute approximate surface area is 88.5 Å². The summed E-state index contributed by atoms with van der Waals surface area (Å²) in [6, 6.07) is 1.20. The van der Waals surface area contributed by atoms with Crippen molar-refractivity contribution >= 4 is 15.9 Å². The van der Waals surface area contributed by atoms with Gasteiger partial charge in [0, 0.05) is 6.07 Å². The number of halogens is 2. The van der Waals surface area contributed by atoms with E-state index in [1.165, 1.54) is 13.2 Å². The molecule has 3 N–H and O–H groups in total. The molecule has 6 heteroatoms. The quantitative estimate of drug-likeness (QED) is 0.817. The highest BCUT2D eigenvalue weighted by Crippen LogP contribution is 2.36. The molecule has 0 saturated carbocycles. The fraction of sp³-hybridized carbons (Fsp3) is 0.250. The first-order valence-electron chi connectivity index (χ1n) is 3.67. The van der Waals surface area contributed by atoms with Gasteiger partial charge in [-0.1, -0.05) is 0 Å². The number of hydrogen-bond acceptors (Lipinski definition) is 4. The zero-order valence-electron chi connectivity index (χ0n) is 7.38. The number of hydrogen-bond donors (Lipinski definition) is 2. The van der Waals surface area contributed by atoms with Crippen LogP contribution in [0.25, 0.3) is 0 Å². The maximum Gasteiger partial charge on any atom is 0.169 e. The predicted molar refractivity (Wildman–Crippen MR) is 51.3 cm³/mol. The third-order valence-corrected chi connectivity index (χ3v) is 2.25. The van der Waals surface area contributed by atoms with Crippen LogP contribution in [0.2, 0.25) is 0 Å². The maximum absolute atomic E-state index is 13.4. The molecule has 0 bridgehead atoms. The summed E-state index contributed by atoms with van der Waals surface area (Å²) < 4.78 is 18.4. The van der Waals surface area contributed by atoms with Gasteiger partial charge in [-0.15, -0.1) is 0 Å². The van der Waals surface area contributed by atoms with Crippen LogP contribution >= 0.6 is 15.9 Å². The van der Waals surface area contributed by atoms with Crippen LogP contribution in [-0.4, -0.2) is 12.2 Å². The summed E-state index contributed by atoms with van der Waals surface area (Å²) in [6.45, 7) is -0.179. The molecule has 0 unspecified atom stereocenters. The van der Waals surface area contributed by atoms with Gasteiger partial charge >= 0.3 is 0 Å². The number of methoxy groups -OCH3 is 1. The number of rotatable bonds is 3. The summed E-state index contributed by atoms with van der Waals surface area (Å²) in [7, 11) is 1.32. The van der Waals surface area contributed by atoms with Crippen molar-refractivity contribution in [1.29, 1.82) is 0 Å². The minimum atomic E-state index is -0.565. The van der Waals surface area contributed by atoms with Crippen molar-refractivity contribution in [3.05, 3.63) is 21.9 Å². The smallest absolute Gasteiger partial charge is 0.169 e. The zero-order chi connectivity index (χ0) is 10.7. The Bertz CT molecular complexity index is 346. The van der Waals surface area contributed by atoms with Crippen LogP contribution in [0.5, 0.6) is 11.5 Å². The van der Waals surface area contributed by atoms with E-state index in [2.05, 4.69) is 20.8 Å². The molecule has 0 aromatic heterocycles. The summed E-state index contributed by atoms with van der Waals surface area (Å²) in [4.78, 5) is 4.31. The van der Waals surface area contributed by atoms with Gasteiger partial charge in [0.05, 0.1) is 23.8 Å². The van der Waals surface area contributed by atoms with Crippen LogP contribution in [0, 0.1) is 5.82 Å². The molecule has 78 valence electrons. The SMILES string of the molecule is COc1c(O)cc(Br)c(F)c1CON. The van der Waals surface area contributed by atoms with Gasteiger partial charge in [-0.2, -0.15) is 0 Å². The van der Waals surface area contributed by atoms with Gasteiger partial charge in [-0.25, -0.2) is 10.3 Å². The molecule has 0 aliphatic heterocycles. The minimum absolute atomic E-state index is 0.0242. The van der Waals surface area contributed by atoms with Crippen molar-refractivity contribution in [1.82, 2.24) is 0 Å². The van der Waals surface area contributed by atoms with Gasteiger partial charge in [0.2, 0.25) is 0 Å². The molecule has 0 aliphatic rings. The van der Waals surface area contributed by atoms with Gasteiger partial charge in [-0.05, 0) is 15.9 Å². The Morgan fingerprint density at radius 1 is 1.64 bits per heavy atom. The third kappa shape index (κ3) is 1.97. The number of phenols is 1. The topological polar surface area (TPSA) is 64.7 Å². The molecule has 1 aromatic rings. The largest absolute Gasteiger partial charge is 0.504 e. The monoisotopic (exact) mass is 265 g/mol. The lowest BCUT2D eigenvalue weighted by atomic mass is 10.2. The highest BCUT2D eigenvalue weighted by molar-refractivity contribution is 9.10. The van der Waals surface area contributed by atoms with E-state index in [-0.39, 0.29) is 28.1 Å². The number of phenolic OH excluding ortho intramolecular Hbond substituents is 1. The van der Waals surface area contributed by atoms with Gasteiger partial charge in [0.15, 0.2) is 11.5 Å². The first-order valence-corrected chi connectivity index (χ1v) is 4.46. The van der Waals surface area contributed by atoms with Gasteiger partial charge in [0.1, 0.15) is 5.82 Å². The van der Waals surface area contributed by atoms with Gasteiger partial charge in [0.25, 0.3) is 0 Å². The van der Waals surface area contributed by atoms with Crippen LogP contribution in [0.15, 0.2) is 10.5 Å². The summed E-state index contributed by atoms with van der Waals surface area (Å²) in [5.74, 6) is 4.12. The Morgan fingerprint density at radius 2 is 2.29 bits per heavy atom. The molecule has 0 fully saturated rings. The minimum Gasteiger partial charge on any atom is -0.504 e. The van der Waals surface area contributed by atoms with Crippen molar-refractivity contribution < 1.29 is 19.1 Å². The third-order valence-electron chi connectivity index (χ3n) is 1.68. The Kier molecular flexibility index (Phi) is 3.68. The lowest BCUT2D eigenvalue weighted by Crippen LogP contribution is -2.04. The summed E-state index contributed by atoms with van der Waals surface area (Å²) in [5, 5.41) is 9.41. The average molecular weight is 266 g/mol. The number of nitrogens with two attached hydrogens (primary N) is 1. The van der Waals surface area contributed by atoms with Crippen LogP contribution in [0.1, 0.15) is 5.56 Å². The summed E-state index contributed by atoms with van der Waals surface area (Å²) in [6.07, 6.45) is 0. The van der Waals surface area contributed by atoms with E-state index in [1.54, 1.807) is 0 Å². The van der Waals surface area contributed by atoms with Gasteiger partial charge < -0.3 is 9.84 Å². The van der Waals surface area contributed by atoms with E-state index in [9.17, 15) is 9.50 Å². The van der Waals surface area contributed by atoms with Crippen LogP contribution in [-0.2, 0) is 11.4 Å². The average Bonchev–Trinajstić information content (AvgIpc) is 2.14. The predicted octanol–water partition coefficient (Wildman–Crippen LogP) is 1.69. The Morgan fingerprint density at radius 3 is 2.79 bits per heavy atom. The van der Waals surface area contributed by atoms with E-state index in [0.717, 1.165) is 0 Å². The molecule has 0 spiro atoms. The van der Waals surface area contributed by atoms with E-state index in [1.807, 2.05) is 0 Å². The molecule has 0 saturated heterocycles. The molecule has 1 rings (SSSR count). The van der Waals surface area contributed by atoms with Crippen LogP contribution in [0.4, 0.5) is 4.39 Å². The molecule has 1 aromatic carbocycles. The fourth-order valence-corrected chi connectivity index (χ4v) is 1.54. The molecule has 0 amide bonds. The summed E-state index contributed by atoms with van der Waals surface area (Å²) in [5.41, 5.74) is 0.0712. The van der Waals surface area contributed by atoms with Crippen LogP contribution in [0.3, 0.4) is 0 Å². The highest BCUT2D eigenvalue weighted by atomic mass is 79.9. The standard InChI is InChI=1S/C8H9BrFNO3/c1-13-8-4(3-14-11)7(10)5(9)2-6(8)12/h2,12H,3,11H2,1H3. The normalized spacial score (nSPS) is 10.3. The molecule has 0 aliphatic carbocycles. The maximum atomic E-state index is 13.4. The molecular formula is C8H9BrFNO3. The number of benzene rings is 1. The Balaban J connectivity index is 3.32. The summed E-state index contributed by atoms with van der Waals surface area (Å²) >= 11 is 2.94. The molecule has 0 radical (unpaired) electrons. The van der Waals surface area contributed by atoms with Crippen molar-refractivity contribution in [2.45, 2.75) is 6.61 Å². The Hall–Kier alpha value is -0.850. The number of aromatic hydroxyl groups is 1. The first-order chi connectivity index (χ1) is 6.61. The van der Waals surface area contributed by atoms with Crippen molar-refractivity contribution in [2.24, 2.45) is 5.90 Å². The zero-order valence-corrected chi connectivity index (χ0v) is 8.97. The lowest BCUT2D eigenvalue weighted by Gasteiger charge is -2.11. The van der Waals surface area contributed by atoms with Crippen molar-refractivity contribution in [2.75, 3.05) is 7.11 Å². The van der Waals surface area contributed by atoms with E-state index >= 15 is 0 Å². The van der Waals surface area contributed by atoms with E-state index < -0.39 is 5.82 Å². The van der Waals surface area contributed by atoms with Gasteiger partial charge in [-0.3, -0.25) is 4.84 Å². The second-order valence-electron chi connectivity index (χ2n) is 2.51. The van der Waals surface area contributed by atoms with E-state index in [4.69, 9.17) is 10.6 Å². The van der Waals surface area contributed by atoms with E-state index in [0.29, 0.717) is 0 Å². The number of ether oxygens (including phenoxy) is 1. The molecule has 14 heavy (non-hydrogen) atoms. The molecule has 0 heterocycles. The second kappa shape index (κ2) is 4.59. The molecule has 0 atom stereocenters. The van der Waals surface area contributed by atoms with Crippen LogP contribution < -0.4 is 10.6 Å². The fourth-order valence-electron chi connectivity index (χ4n) is 1.09. The van der Waals surface area contributed by atoms with Crippen molar-refractivity contribution in [3.8, 4) is 11.5 Å². The molecule has 4 nitrogen and oxygen atoms in total. The van der Waals surface area contributed by atoms with Crippen molar-refractivity contribution in [3.63, 3.8) is 0 Å². The lowest BCUT2D eigenvalue weighted by molar-refractivity contribution is 0.119. The second-order valence-corrected chi connectivity index (χ2v) is 3.37. The molecular weight excluding hydrogens is 257 g/mol.